The lowest BCUT2D eigenvalue weighted by Gasteiger charge is -2.23. The summed E-state index contributed by atoms with van der Waals surface area (Å²) in [6, 6.07) is 12.4. The van der Waals surface area contributed by atoms with Gasteiger partial charge in [-0.3, -0.25) is 4.79 Å². The number of carbonyl (C=O) groups is 1. The number of hydrogen-bond acceptors (Lipinski definition) is 3. The highest BCUT2D eigenvalue weighted by Gasteiger charge is 2.33. The van der Waals surface area contributed by atoms with Crippen molar-refractivity contribution in [2.75, 3.05) is 6.26 Å². The van der Waals surface area contributed by atoms with Crippen LogP contribution in [0.3, 0.4) is 0 Å². The van der Waals surface area contributed by atoms with Crippen LogP contribution < -0.4 is 0 Å². The summed E-state index contributed by atoms with van der Waals surface area (Å²) in [5.74, 6) is -0.618. The Morgan fingerprint density at radius 1 is 1.17 bits per heavy atom. The van der Waals surface area contributed by atoms with E-state index < -0.39 is 9.84 Å². The first kappa shape index (κ1) is 16.6. The minimum Gasteiger partial charge on any atom is -0.331 e. The number of amides is 1. The molecule has 24 heavy (non-hydrogen) atoms. The zero-order valence-electron chi connectivity index (χ0n) is 13.3. The number of carbonyl (C=O) groups excluding carboxylic acids is 1. The molecule has 0 unspecified atom stereocenters. The van der Waals surface area contributed by atoms with E-state index in [1.165, 1.54) is 18.2 Å². The van der Waals surface area contributed by atoms with Gasteiger partial charge >= 0.3 is 0 Å². The summed E-state index contributed by atoms with van der Waals surface area (Å²) >= 11 is 0. The summed E-state index contributed by atoms with van der Waals surface area (Å²) in [5, 5.41) is 0. The highest BCUT2D eigenvalue weighted by atomic mass is 32.2. The fraction of sp³-hybridized carbons (Fsp3) is 0.278. The average molecular weight is 347 g/mol. The van der Waals surface area contributed by atoms with E-state index in [-0.39, 0.29) is 29.2 Å². The molecule has 2 aromatic carbocycles. The van der Waals surface area contributed by atoms with Crippen LogP contribution in [0.25, 0.3) is 0 Å². The van der Waals surface area contributed by atoms with Gasteiger partial charge in [0, 0.05) is 30.0 Å². The number of hydrogen-bond donors (Lipinski definition) is 0. The Balaban J connectivity index is 1.90. The highest BCUT2D eigenvalue weighted by molar-refractivity contribution is 7.90. The van der Waals surface area contributed by atoms with Crippen molar-refractivity contribution in [1.29, 1.82) is 0 Å². The van der Waals surface area contributed by atoms with E-state index in [0.29, 0.717) is 11.1 Å². The number of halogens is 1. The van der Waals surface area contributed by atoms with Gasteiger partial charge in [0.05, 0.1) is 4.90 Å². The second kappa shape index (κ2) is 6.36. The van der Waals surface area contributed by atoms with Crippen LogP contribution in [-0.4, -0.2) is 31.5 Å². The fourth-order valence-electron chi connectivity index (χ4n) is 2.59. The highest BCUT2D eigenvalue weighted by Crippen LogP contribution is 2.30. The smallest absolute Gasteiger partial charge is 0.254 e. The molecule has 1 fully saturated rings. The number of benzene rings is 2. The average Bonchev–Trinajstić information content (AvgIpc) is 3.38. The van der Waals surface area contributed by atoms with Crippen molar-refractivity contribution in [2.24, 2.45) is 0 Å². The fourth-order valence-corrected chi connectivity index (χ4v) is 3.26. The van der Waals surface area contributed by atoms with Crippen molar-refractivity contribution < 1.29 is 17.6 Å². The maximum absolute atomic E-state index is 13.9. The molecule has 6 heteroatoms. The van der Waals surface area contributed by atoms with Gasteiger partial charge in [-0.25, -0.2) is 12.8 Å². The first-order valence-electron chi connectivity index (χ1n) is 7.71. The van der Waals surface area contributed by atoms with Crippen LogP contribution in [0.4, 0.5) is 4.39 Å². The first-order valence-corrected chi connectivity index (χ1v) is 9.60. The molecule has 0 saturated heterocycles. The van der Waals surface area contributed by atoms with Crippen LogP contribution in [0.15, 0.2) is 53.4 Å². The molecule has 0 aliphatic heterocycles. The standard InChI is InChI=1S/C18H18FNO3S/c1-24(22,23)16-7-4-6-13(11-16)18(21)20(15-9-10-15)12-14-5-2-3-8-17(14)19/h2-8,11,15H,9-10,12H2,1H3. The number of sulfone groups is 1. The Morgan fingerprint density at radius 2 is 1.88 bits per heavy atom. The maximum Gasteiger partial charge on any atom is 0.254 e. The summed E-state index contributed by atoms with van der Waals surface area (Å²) < 4.78 is 37.3. The van der Waals surface area contributed by atoms with Crippen LogP contribution in [0.1, 0.15) is 28.8 Å². The monoisotopic (exact) mass is 347 g/mol. The van der Waals surface area contributed by atoms with Crippen molar-refractivity contribution in [2.45, 2.75) is 30.3 Å². The summed E-state index contributed by atoms with van der Waals surface area (Å²) in [6.07, 6.45) is 2.87. The van der Waals surface area contributed by atoms with Crippen LogP contribution in [0, 0.1) is 5.82 Å². The summed E-state index contributed by atoms with van der Waals surface area (Å²) in [5.41, 5.74) is 0.762. The van der Waals surface area contributed by atoms with Gasteiger partial charge < -0.3 is 4.90 Å². The quantitative estimate of drug-likeness (QED) is 0.835. The molecule has 0 bridgehead atoms. The lowest BCUT2D eigenvalue weighted by atomic mass is 10.1. The van der Waals surface area contributed by atoms with Crippen LogP contribution in [0.5, 0.6) is 0 Å². The molecule has 0 N–H and O–H groups in total. The molecule has 1 amide bonds. The van der Waals surface area contributed by atoms with Crippen molar-refractivity contribution in [3.63, 3.8) is 0 Å². The van der Waals surface area contributed by atoms with Gasteiger partial charge in [-0.2, -0.15) is 0 Å². The molecular formula is C18H18FNO3S. The maximum atomic E-state index is 13.9. The lowest BCUT2D eigenvalue weighted by Crippen LogP contribution is -2.33. The van der Waals surface area contributed by atoms with E-state index >= 15 is 0 Å². The Kier molecular flexibility index (Phi) is 4.41. The predicted octanol–water partition coefficient (Wildman–Crippen LogP) is 3.03. The Labute approximate surface area is 140 Å². The molecule has 0 atom stereocenters. The summed E-state index contributed by atoms with van der Waals surface area (Å²) in [4.78, 5) is 14.6. The predicted molar refractivity (Wildman–Crippen MR) is 88.8 cm³/mol. The van der Waals surface area contributed by atoms with Crippen molar-refractivity contribution in [3.8, 4) is 0 Å². The van der Waals surface area contributed by atoms with E-state index in [2.05, 4.69) is 0 Å². The molecule has 3 rings (SSSR count). The Morgan fingerprint density at radius 3 is 2.50 bits per heavy atom. The SMILES string of the molecule is CS(=O)(=O)c1cccc(C(=O)N(Cc2ccccc2F)C2CC2)c1. The molecule has 1 aliphatic carbocycles. The lowest BCUT2D eigenvalue weighted by molar-refractivity contribution is 0.0728. The molecule has 4 nitrogen and oxygen atoms in total. The van der Waals surface area contributed by atoms with E-state index in [1.54, 1.807) is 35.2 Å². The van der Waals surface area contributed by atoms with Crippen LogP contribution in [0.2, 0.25) is 0 Å². The van der Waals surface area contributed by atoms with E-state index in [1.807, 2.05) is 0 Å². The van der Waals surface area contributed by atoms with Crippen molar-refractivity contribution in [1.82, 2.24) is 4.90 Å². The van der Waals surface area contributed by atoms with Crippen LogP contribution >= 0.6 is 0 Å². The summed E-state index contributed by atoms with van der Waals surface area (Å²) in [7, 11) is -3.39. The molecule has 0 aromatic heterocycles. The topological polar surface area (TPSA) is 54.5 Å². The third kappa shape index (κ3) is 3.64. The third-order valence-corrected chi connectivity index (χ3v) is 5.17. The van der Waals surface area contributed by atoms with E-state index in [4.69, 9.17) is 0 Å². The van der Waals surface area contributed by atoms with Gasteiger partial charge in [0.2, 0.25) is 0 Å². The van der Waals surface area contributed by atoms with Gasteiger partial charge in [-0.05, 0) is 37.1 Å². The Hall–Kier alpha value is -2.21. The summed E-state index contributed by atoms with van der Waals surface area (Å²) in [6.45, 7) is 0.180. The minimum absolute atomic E-state index is 0.0824. The second-order valence-electron chi connectivity index (χ2n) is 6.06. The normalized spacial score (nSPS) is 14.4. The van der Waals surface area contributed by atoms with E-state index in [0.717, 1.165) is 19.1 Å². The number of nitrogens with zero attached hydrogens (tertiary/aromatic N) is 1. The minimum atomic E-state index is -3.39. The van der Waals surface area contributed by atoms with Gasteiger partial charge in [0.25, 0.3) is 5.91 Å². The zero-order valence-corrected chi connectivity index (χ0v) is 14.1. The third-order valence-electron chi connectivity index (χ3n) is 4.06. The number of rotatable bonds is 5. The zero-order chi connectivity index (χ0) is 17.3. The largest absolute Gasteiger partial charge is 0.331 e. The van der Waals surface area contributed by atoms with Gasteiger partial charge in [0.1, 0.15) is 5.82 Å². The molecule has 2 aromatic rings. The molecule has 1 saturated carbocycles. The van der Waals surface area contributed by atoms with Crippen LogP contribution in [-0.2, 0) is 16.4 Å². The molecule has 0 radical (unpaired) electrons. The molecule has 126 valence electrons. The molecule has 1 aliphatic rings. The molecular weight excluding hydrogens is 329 g/mol. The van der Waals surface area contributed by atoms with Crippen molar-refractivity contribution >= 4 is 15.7 Å². The van der Waals surface area contributed by atoms with Gasteiger partial charge in [0.15, 0.2) is 9.84 Å². The first-order chi connectivity index (χ1) is 11.4. The van der Waals surface area contributed by atoms with E-state index in [9.17, 15) is 17.6 Å². The molecule has 0 spiro atoms. The Bertz CT molecular complexity index is 875. The van der Waals surface area contributed by atoms with Gasteiger partial charge in [-0.15, -0.1) is 0 Å². The van der Waals surface area contributed by atoms with Gasteiger partial charge in [-0.1, -0.05) is 24.3 Å². The van der Waals surface area contributed by atoms with Crippen molar-refractivity contribution in [3.05, 3.63) is 65.5 Å². The second-order valence-corrected chi connectivity index (χ2v) is 8.07. The molecule has 0 heterocycles.